The lowest BCUT2D eigenvalue weighted by Crippen LogP contribution is -1.99. The quantitative estimate of drug-likeness (QED) is 0.558. The van der Waals surface area contributed by atoms with Gasteiger partial charge < -0.3 is 9.47 Å². The molecule has 0 saturated heterocycles. The van der Waals surface area contributed by atoms with E-state index in [1.54, 1.807) is 12.1 Å². The Hall–Kier alpha value is -2.21. The van der Waals surface area contributed by atoms with Crippen molar-refractivity contribution in [3.05, 3.63) is 63.6 Å². The molecule has 2 rings (SSSR count). The first-order chi connectivity index (χ1) is 11.0. The Morgan fingerprint density at radius 3 is 2.35 bits per heavy atom. The predicted octanol–water partition coefficient (Wildman–Crippen LogP) is 4.64. The molecule has 0 aliphatic carbocycles. The SMILES string of the molecule is COc1cc(Br)c(C=CC(=O)c2ccc(F)cc2F)cc1OC. The van der Waals surface area contributed by atoms with Gasteiger partial charge >= 0.3 is 0 Å². The van der Waals surface area contributed by atoms with Crippen molar-refractivity contribution in [2.45, 2.75) is 0 Å². The molecule has 0 amide bonds. The van der Waals surface area contributed by atoms with Gasteiger partial charge in [0.25, 0.3) is 0 Å². The van der Waals surface area contributed by atoms with Crippen LogP contribution < -0.4 is 9.47 Å². The average molecular weight is 383 g/mol. The van der Waals surface area contributed by atoms with E-state index in [0.29, 0.717) is 27.6 Å². The van der Waals surface area contributed by atoms with E-state index in [-0.39, 0.29) is 5.56 Å². The van der Waals surface area contributed by atoms with Gasteiger partial charge in [0, 0.05) is 10.5 Å². The van der Waals surface area contributed by atoms with Gasteiger partial charge in [-0.05, 0) is 42.0 Å². The van der Waals surface area contributed by atoms with Crippen LogP contribution in [0.15, 0.2) is 40.9 Å². The summed E-state index contributed by atoms with van der Waals surface area (Å²) in [5, 5.41) is 0. The molecule has 6 heteroatoms. The normalized spacial score (nSPS) is 10.8. The van der Waals surface area contributed by atoms with Crippen molar-refractivity contribution < 1.29 is 23.0 Å². The fourth-order valence-corrected chi connectivity index (χ4v) is 2.40. The van der Waals surface area contributed by atoms with Gasteiger partial charge in [-0.25, -0.2) is 8.78 Å². The zero-order chi connectivity index (χ0) is 17.0. The zero-order valence-electron chi connectivity index (χ0n) is 12.4. The van der Waals surface area contributed by atoms with Gasteiger partial charge in [0.1, 0.15) is 11.6 Å². The van der Waals surface area contributed by atoms with Crippen molar-refractivity contribution in [1.82, 2.24) is 0 Å². The van der Waals surface area contributed by atoms with Gasteiger partial charge in [-0.2, -0.15) is 0 Å². The highest BCUT2D eigenvalue weighted by atomic mass is 79.9. The van der Waals surface area contributed by atoms with Crippen LogP contribution in [0, 0.1) is 11.6 Å². The molecule has 0 bridgehead atoms. The molecule has 0 spiro atoms. The van der Waals surface area contributed by atoms with E-state index in [4.69, 9.17) is 9.47 Å². The summed E-state index contributed by atoms with van der Waals surface area (Å²) in [5.74, 6) is -1.16. The summed E-state index contributed by atoms with van der Waals surface area (Å²) in [7, 11) is 3.01. The fourth-order valence-electron chi connectivity index (χ4n) is 1.94. The van der Waals surface area contributed by atoms with Crippen molar-refractivity contribution in [3.63, 3.8) is 0 Å². The first-order valence-corrected chi connectivity index (χ1v) is 7.34. The molecule has 2 aromatic rings. The highest BCUT2D eigenvalue weighted by Crippen LogP contribution is 2.33. The third kappa shape index (κ3) is 3.96. The maximum atomic E-state index is 13.6. The summed E-state index contributed by atoms with van der Waals surface area (Å²) in [6.07, 6.45) is 2.72. The molecule has 0 fully saturated rings. The Morgan fingerprint density at radius 1 is 1.09 bits per heavy atom. The van der Waals surface area contributed by atoms with Gasteiger partial charge in [0.05, 0.1) is 19.8 Å². The van der Waals surface area contributed by atoms with Crippen LogP contribution in [0.4, 0.5) is 8.78 Å². The van der Waals surface area contributed by atoms with E-state index < -0.39 is 17.4 Å². The Kier molecular flexibility index (Phi) is 5.50. The minimum atomic E-state index is -0.897. The van der Waals surface area contributed by atoms with Crippen LogP contribution in [0.2, 0.25) is 0 Å². The topological polar surface area (TPSA) is 35.5 Å². The molecular weight excluding hydrogens is 370 g/mol. The molecule has 0 atom stereocenters. The highest BCUT2D eigenvalue weighted by molar-refractivity contribution is 9.10. The standard InChI is InChI=1S/C17H13BrF2O3/c1-22-16-7-10(13(18)9-17(16)23-2)3-6-15(21)12-5-4-11(19)8-14(12)20/h3-9H,1-2H3. The maximum absolute atomic E-state index is 13.6. The molecule has 0 aromatic heterocycles. The van der Waals surface area contributed by atoms with Crippen LogP contribution in [0.5, 0.6) is 11.5 Å². The molecule has 23 heavy (non-hydrogen) atoms. The third-order valence-electron chi connectivity index (χ3n) is 3.11. The lowest BCUT2D eigenvalue weighted by molar-refractivity contribution is 0.104. The van der Waals surface area contributed by atoms with Crippen LogP contribution in [0.25, 0.3) is 6.08 Å². The Balaban J connectivity index is 2.31. The number of ether oxygens (including phenoxy) is 2. The van der Waals surface area contributed by atoms with Gasteiger partial charge in [0.2, 0.25) is 0 Å². The number of hydrogen-bond acceptors (Lipinski definition) is 3. The zero-order valence-corrected chi connectivity index (χ0v) is 14.0. The minimum Gasteiger partial charge on any atom is -0.493 e. The van der Waals surface area contributed by atoms with Crippen molar-refractivity contribution in [3.8, 4) is 11.5 Å². The summed E-state index contributed by atoms with van der Waals surface area (Å²) in [6.45, 7) is 0. The number of halogens is 3. The van der Waals surface area contributed by atoms with Crippen LogP contribution in [0.3, 0.4) is 0 Å². The van der Waals surface area contributed by atoms with Gasteiger partial charge in [-0.15, -0.1) is 0 Å². The number of allylic oxidation sites excluding steroid dienone is 1. The molecule has 2 aromatic carbocycles. The summed E-state index contributed by atoms with van der Waals surface area (Å²) in [5.41, 5.74) is 0.456. The van der Waals surface area contributed by atoms with Crippen molar-refractivity contribution in [1.29, 1.82) is 0 Å². The monoisotopic (exact) mass is 382 g/mol. The number of benzene rings is 2. The van der Waals surface area contributed by atoms with Crippen molar-refractivity contribution in [2.24, 2.45) is 0 Å². The van der Waals surface area contributed by atoms with Crippen LogP contribution in [-0.2, 0) is 0 Å². The average Bonchev–Trinajstić information content (AvgIpc) is 2.53. The number of rotatable bonds is 5. The second-order valence-corrected chi connectivity index (χ2v) is 5.40. The molecule has 0 radical (unpaired) electrons. The van der Waals surface area contributed by atoms with Crippen molar-refractivity contribution >= 4 is 27.8 Å². The predicted molar refractivity (Wildman–Crippen MR) is 87.0 cm³/mol. The molecule has 120 valence electrons. The van der Waals surface area contributed by atoms with Crippen molar-refractivity contribution in [2.75, 3.05) is 14.2 Å². The first kappa shape index (κ1) is 17.1. The van der Waals surface area contributed by atoms with Gasteiger partial charge in [-0.3, -0.25) is 4.79 Å². The van der Waals surface area contributed by atoms with E-state index in [1.165, 1.54) is 26.4 Å². The van der Waals surface area contributed by atoms with E-state index in [0.717, 1.165) is 12.1 Å². The maximum Gasteiger partial charge on any atom is 0.188 e. The first-order valence-electron chi connectivity index (χ1n) is 6.55. The van der Waals surface area contributed by atoms with E-state index in [2.05, 4.69) is 15.9 Å². The summed E-state index contributed by atoms with van der Waals surface area (Å²) in [6, 6.07) is 6.19. The Labute approximate surface area is 140 Å². The van der Waals surface area contributed by atoms with E-state index in [1.807, 2.05) is 0 Å². The summed E-state index contributed by atoms with van der Waals surface area (Å²) >= 11 is 3.36. The number of carbonyl (C=O) groups excluding carboxylic acids is 1. The molecular formula is C17H13BrF2O3. The number of carbonyl (C=O) groups is 1. The lowest BCUT2D eigenvalue weighted by atomic mass is 10.1. The van der Waals surface area contributed by atoms with Gasteiger partial charge in [0.15, 0.2) is 17.3 Å². The largest absolute Gasteiger partial charge is 0.493 e. The van der Waals surface area contributed by atoms with Crippen LogP contribution in [0.1, 0.15) is 15.9 Å². The molecule has 0 saturated carbocycles. The number of hydrogen-bond donors (Lipinski definition) is 0. The molecule has 0 aliphatic heterocycles. The highest BCUT2D eigenvalue weighted by Gasteiger charge is 2.11. The van der Waals surface area contributed by atoms with Crippen LogP contribution in [-0.4, -0.2) is 20.0 Å². The molecule has 0 unspecified atom stereocenters. The van der Waals surface area contributed by atoms with Gasteiger partial charge in [-0.1, -0.05) is 15.9 Å². The number of methoxy groups -OCH3 is 2. The van der Waals surface area contributed by atoms with E-state index in [9.17, 15) is 13.6 Å². The second-order valence-electron chi connectivity index (χ2n) is 4.55. The third-order valence-corrected chi connectivity index (χ3v) is 3.80. The smallest absolute Gasteiger partial charge is 0.188 e. The molecule has 0 aliphatic rings. The molecule has 3 nitrogen and oxygen atoms in total. The number of ketones is 1. The van der Waals surface area contributed by atoms with E-state index >= 15 is 0 Å². The molecule has 0 N–H and O–H groups in total. The lowest BCUT2D eigenvalue weighted by Gasteiger charge is -2.09. The Morgan fingerprint density at radius 2 is 1.74 bits per heavy atom. The minimum absolute atomic E-state index is 0.195. The summed E-state index contributed by atoms with van der Waals surface area (Å²) in [4.78, 5) is 12.0. The fraction of sp³-hybridized carbons (Fsp3) is 0.118. The summed E-state index contributed by atoms with van der Waals surface area (Å²) < 4.78 is 37.5. The second kappa shape index (κ2) is 7.37. The Bertz CT molecular complexity index is 773. The van der Waals surface area contributed by atoms with Crippen LogP contribution >= 0.6 is 15.9 Å². The molecule has 0 heterocycles.